The van der Waals surface area contributed by atoms with Gasteiger partial charge in [0.2, 0.25) is 0 Å². The summed E-state index contributed by atoms with van der Waals surface area (Å²) in [7, 11) is 3.34. The normalized spacial score (nSPS) is 12.1. The fourth-order valence-corrected chi connectivity index (χ4v) is 3.38. The molecular weight excluding hydrogens is 384 g/mol. The third-order valence-electron chi connectivity index (χ3n) is 3.07. The molecule has 2 aromatic rings. The lowest BCUT2D eigenvalue weighted by Crippen LogP contribution is -1.98. The molecule has 0 N–H and O–H groups in total. The molecule has 2 nitrogen and oxygen atoms in total. The van der Waals surface area contributed by atoms with Crippen LogP contribution in [0.1, 0.15) is 21.5 Å². The van der Waals surface area contributed by atoms with Gasteiger partial charge in [0.15, 0.2) is 0 Å². The molecule has 0 saturated heterocycles. The Labute approximate surface area is 136 Å². The SMILES string of the molecule is COc1ccc(OC)c(C(Br)c2cc(C)cc(Br)c2)c1. The van der Waals surface area contributed by atoms with Crippen molar-refractivity contribution in [3.8, 4) is 11.5 Å². The molecule has 1 atom stereocenters. The first-order valence-electron chi connectivity index (χ1n) is 6.18. The highest BCUT2D eigenvalue weighted by atomic mass is 79.9. The van der Waals surface area contributed by atoms with Crippen LogP contribution in [-0.2, 0) is 0 Å². The largest absolute Gasteiger partial charge is 0.497 e. The molecule has 0 aliphatic carbocycles. The van der Waals surface area contributed by atoms with Crippen LogP contribution in [0, 0.1) is 6.92 Å². The van der Waals surface area contributed by atoms with Gasteiger partial charge in [-0.05, 0) is 48.4 Å². The predicted octanol–water partition coefficient (Wildman–Crippen LogP) is 5.26. The first-order chi connectivity index (χ1) is 9.55. The number of alkyl halides is 1. The summed E-state index contributed by atoms with van der Waals surface area (Å²) in [5, 5.41) is 0. The predicted molar refractivity (Wildman–Crippen MR) is 89.2 cm³/mol. The Balaban J connectivity index is 2.48. The first kappa shape index (κ1) is 15.4. The molecule has 20 heavy (non-hydrogen) atoms. The Morgan fingerprint density at radius 1 is 1.00 bits per heavy atom. The minimum atomic E-state index is 0.0451. The topological polar surface area (TPSA) is 18.5 Å². The van der Waals surface area contributed by atoms with Crippen LogP contribution >= 0.6 is 31.9 Å². The van der Waals surface area contributed by atoms with Gasteiger partial charge in [0.05, 0.1) is 19.0 Å². The Morgan fingerprint density at radius 3 is 2.35 bits per heavy atom. The van der Waals surface area contributed by atoms with Gasteiger partial charge in [-0.3, -0.25) is 0 Å². The van der Waals surface area contributed by atoms with Crippen molar-refractivity contribution in [1.29, 1.82) is 0 Å². The zero-order chi connectivity index (χ0) is 14.7. The molecule has 2 aromatic carbocycles. The van der Waals surface area contributed by atoms with Gasteiger partial charge in [0.25, 0.3) is 0 Å². The van der Waals surface area contributed by atoms with Gasteiger partial charge in [-0.25, -0.2) is 0 Å². The molecule has 0 aliphatic heterocycles. The summed E-state index contributed by atoms with van der Waals surface area (Å²) in [6.45, 7) is 2.08. The number of methoxy groups -OCH3 is 2. The van der Waals surface area contributed by atoms with Crippen LogP contribution in [0.15, 0.2) is 40.9 Å². The van der Waals surface area contributed by atoms with Crippen molar-refractivity contribution in [2.45, 2.75) is 11.8 Å². The van der Waals surface area contributed by atoms with Crippen LogP contribution in [0.5, 0.6) is 11.5 Å². The molecule has 4 heteroatoms. The average molecular weight is 400 g/mol. The van der Waals surface area contributed by atoms with Gasteiger partial charge in [0.1, 0.15) is 11.5 Å². The monoisotopic (exact) mass is 398 g/mol. The zero-order valence-corrected chi connectivity index (χ0v) is 14.8. The third-order valence-corrected chi connectivity index (χ3v) is 4.55. The second-order valence-corrected chi connectivity index (χ2v) is 6.36. The number of ether oxygens (including phenoxy) is 2. The Morgan fingerprint density at radius 2 is 1.75 bits per heavy atom. The molecule has 0 aromatic heterocycles. The van der Waals surface area contributed by atoms with Gasteiger partial charge >= 0.3 is 0 Å². The van der Waals surface area contributed by atoms with E-state index in [-0.39, 0.29) is 4.83 Å². The van der Waals surface area contributed by atoms with Crippen molar-refractivity contribution < 1.29 is 9.47 Å². The molecule has 0 spiro atoms. The number of rotatable bonds is 4. The smallest absolute Gasteiger partial charge is 0.123 e. The van der Waals surface area contributed by atoms with Crippen LogP contribution in [0.2, 0.25) is 0 Å². The number of hydrogen-bond acceptors (Lipinski definition) is 2. The summed E-state index contributed by atoms with van der Waals surface area (Å²) in [6, 6.07) is 12.2. The van der Waals surface area contributed by atoms with E-state index in [1.54, 1.807) is 14.2 Å². The third kappa shape index (κ3) is 3.36. The highest BCUT2D eigenvalue weighted by molar-refractivity contribution is 9.10. The standard InChI is InChI=1S/C16H16Br2O2/c1-10-6-11(8-12(17)7-10)16(18)14-9-13(19-2)4-5-15(14)20-3/h4-9,16H,1-3H3. The minimum absolute atomic E-state index is 0.0451. The van der Waals surface area contributed by atoms with E-state index >= 15 is 0 Å². The van der Waals surface area contributed by atoms with E-state index in [4.69, 9.17) is 9.47 Å². The van der Waals surface area contributed by atoms with Gasteiger partial charge in [0, 0.05) is 10.0 Å². The quantitative estimate of drug-likeness (QED) is 0.653. The fraction of sp³-hybridized carbons (Fsp3) is 0.250. The van der Waals surface area contributed by atoms with E-state index in [1.165, 1.54) is 11.1 Å². The second-order valence-electron chi connectivity index (χ2n) is 4.53. The lowest BCUT2D eigenvalue weighted by molar-refractivity contribution is 0.399. The maximum absolute atomic E-state index is 5.45. The highest BCUT2D eigenvalue weighted by Gasteiger charge is 2.17. The maximum atomic E-state index is 5.45. The summed E-state index contributed by atoms with van der Waals surface area (Å²) in [5.41, 5.74) is 3.42. The molecule has 1 unspecified atom stereocenters. The van der Waals surface area contributed by atoms with E-state index in [9.17, 15) is 0 Å². The van der Waals surface area contributed by atoms with Crippen molar-refractivity contribution in [3.05, 3.63) is 57.6 Å². The Kier molecular flexibility index (Phi) is 5.11. The van der Waals surface area contributed by atoms with Gasteiger partial charge < -0.3 is 9.47 Å². The summed E-state index contributed by atoms with van der Waals surface area (Å²) in [5.74, 6) is 1.65. The van der Waals surface area contributed by atoms with Crippen LogP contribution < -0.4 is 9.47 Å². The van der Waals surface area contributed by atoms with Crippen molar-refractivity contribution in [3.63, 3.8) is 0 Å². The van der Waals surface area contributed by atoms with Crippen LogP contribution in [0.3, 0.4) is 0 Å². The maximum Gasteiger partial charge on any atom is 0.123 e. The number of halogens is 2. The lowest BCUT2D eigenvalue weighted by Gasteiger charge is -2.16. The minimum Gasteiger partial charge on any atom is -0.497 e. The number of hydrogen-bond donors (Lipinski definition) is 0. The number of benzene rings is 2. The number of aryl methyl sites for hydroxylation is 1. The molecule has 0 saturated carbocycles. The van der Waals surface area contributed by atoms with Gasteiger partial charge in [-0.15, -0.1) is 0 Å². The zero-order valence-electron chi connectivity index (χ0n) is 11.6. The fourth-order valence-electron chi connectivity index (χ4n) is 2.13. The lowest BCUT2D eigenvalue weighted by atomic mass is 10.0. The molecule has 2 rings (SSSR count). The summed E-state index contributed by atoms with van der Waals surface area (Å²) in [6.07, 6.45) is 0. The van der Waals surface area contributed by atoms with Crippen LogP contribution in [-0.4, -0.2) is 14.2 Å². The van der Waals surface area contributed by atoms with E-state index < -0.39 is 0 Å². The highest BCUT2D eigenvalue weighted by Crippen LogP contribution is 2.39. The molecule has 0 radical (unpaired) electrons. The Hall–Kier alpha value is -1.00. The molecule has 106 valence electrons. The van der Waals surface area contributed by atoms with Crippen LogP contribution in [0.4, 0.5) is 0 Å². The molecule has 0 bridgehead atoms. The van der Waals surface area contributed by atoms with Crippen molar-refractivity contribution in [2.24, 2.45) is 0 Å². The summed E-state index contributed by atoms with van der Waals surface area (Å²) < 4.78 is 11.8. The summed E-state index contributed by atoms with van der Waals surface area (Å²) in [4.78, 5) is 0.0451. The van der Waals surface area contributed by atoms with Crippen molar-refractivity contribution >= 4 is 31.9 Å². The van der Waals surface area contributed by atoms with Crippen molar-refractivity contribution in [1.82, 2.24) is 0 Å². The average Bonchev–Trinajstić information content (AvgIpc) is 2.44. The van der Waals surface area contributed by atoms with Crippen LogP contribution in [0.25, 0.3) is 0 Å². The first-order valence-corrected chi connectivity index (χ1v) is 7.89. The second kappa shape index (κ2) is 6.64. The van der Waals surface area contributed by atoms with E-state index in [0.29, 0.717) is 0 Å². The summed E-state index contributed by atoms with van der Waals surface area (Å²) >= 11 is 7.30. The molecule has 0 aliphatic rings. The van der Waals surface area contributed by atoms with E-state index in [2.05, 4.69) is 57.0 Å². The molecule has 0 amide bonds. The van der Waals surface area contributed by atoms with E-state index in [1.807, 2.05) is 18.2 Å². The van der Waals surface area contributed by atoms with E-state index in [0.717, 1.165) is 21.5 Å². The Bertz CT molecular complexity index is 591. The molecular formula is C16H16Br2O2. The molecule has 0 heterocycles. The molecule has 0 fully saturated rings. The van der Waals surface area contributed by atoms with Gasteiger partial charge in [-0.2, -0.15) is 0 Å². The van der Waals surface area contributed by atoms with Crippen molar-refractivity contribution in [2.75, 3.05) is 14.2 Å². The van der Waals surface area contributed by atoms with Gasteiger partial charge in [-0.1, -0.05) is 37.9 Å².